The van der Waals surface area contributed by atoms with Gasteiger partial charge in [0.1, 0.15) is 0 Å². The Bertz CT molecular complexity index is 235. The van der Waals surface area contributed by atoms with E-state index in [9.17, 15) is 0 Å². The Morgan fingerprint density at radius 1 is 1.07 bits per heavy atom. The normalized spacial score (nSPS) is 10.4. The molecule has 1 aromatic rings. The van der Waals surface area contributed by atoms with Crippen molar-refractivity contribution in [2.24, 2.45) is 0 Å². The predicted molar refractivity (Wildman–Crippen MR) is 56.1 cm³/mol. The number of aryl methyl sites for hydroxylation is 2. The molecule has 0 saturated carbocycles. The third-order valence-corrected chi connectivity index (χ3v) is 2.15. The third-order valence-electron chi connectivity index (χ3n) is 2.15. The zero-order valence-corrected chi connectivity index (χ0v) is 8.37. The van der Waals surface area contributed by atoms with Gasteiger partial charge in [-0.2, -0.15) is 0 Å². The van der Waals surface area contributed by atoms with E-state index in [0.29, 0.717) is 0 Å². The van der Waals surface area contributed by atoms with Gasteiger partial charge in [-0.05, 0) is 42.9 Å². The van der Waals surface area contributed by atoms with E-state index < -0.39 is 0 Å². The fraction of sp³-hybridized carbons (Fsp3) is 0.500. The summed E-state index contributed by atoms with van der Waals surface area (Å²) < 4.78 is 0. The van der Waals surface area contributed by atoms with Gasteiger partial charge in [-0.25, -0.2) is 0 Å². The third kappa shape index (κ3) is 3.90. The second-order valence-electron chi connectivity index (χ2n) is 3.38. The van der Waals surface area contributed by atoms with Crippen molar-refractivity contribution >= 4 is 0 Å². The van der Waals surface area contributed by atoms with Crippen molar-refractivity contribution in [2.75, 3.05) is 13.2 Å². The standard InChI is InChI=1S/C12H17O2/c13-8-2-6-11-4-1-5-12(10-11)7-3-9-14/h1,4,10,13-14H,2-3,6-9H2. The number of hydrogen-bond acceptors (Lipinski definition) is 2. The summed E-state index contributed by atoms with van der Waals surface area (Å²) in [4.78, 5) is 0. The molecule has 0 spiro atoms. The largest absolute Gasteiger partial charge is 0.396 e. The SMILES string of the molecule is OCCCc1[c]ccc(CCCO)c1. The molecule has 77 valence electrons. The highest BCUT2D eigenvalue weighted by Crippen LogP contribution is 2.08. The van der Waals surface area contributed by atoms with Gasteiger partial charge in [0, 0.05) is 13.2 Å². The van der Waals surface area contributed by atoms with Gasteiger partial charge < -0.3 is 10.2 Å². The van der Waals surface area contributed by atoms with Crippen LogP contribution >= 0.6 is 0 Å². The molecule has 0 fully saturated rings. The first kappa shape index (κ1) is 11.2. The Balaban J connectivity index is 2.50. The summed E-state index contributed by atoms with van der Waals surface area (Å²) >= 11 is 0. The fourth-order valence-electron chi connectivity index (χ4n) is 1.42. The van der Waals surface area contributed by atoms with Crippen LogP contribution in [0.3, 0.4) is 0 Å². The van der Waals surface area contributed by atoms with Crippen LogP contribution in [0.1, 0.15) is 24.0 Å². The molecule has 0 atom stereocenters. The Hall–Kier alpha value is -0.860. The smallest absolute Gasteiger partial charge is 0.0434 e. The van der Waals surface area contributed by atoms with E-state index in [1.165, 1.54) is 5.56 Å². The number of benzene rings is 1. The Labute approximate surface area is 85.2 Å². The molecule has 14 heavy (non-hydrogen) atoms. The van der Waals surface area contributed by atoms with E-state index in [2.05, 4.69) is 12.1 Å². The van der Waals surface area contributed by atoms with E-state index in [1.54, 1.807) is 0 Å². The quantitative estimate of drug-likeness (QED) is 0.715. The van der Waals surface area contributed by atoms with Gasteiger partial charge in [0.15, 0.2) is 0 Å². The fourth-order valence-corrected chi connectivity index (χ4v) is 1.42. The van der Waals surface area contributed by atoms with Crippen LogP contribution in [0, 0.1) is 6.07 Å². The summed E-state index contributed by atoms with van der Waals surface area (Å²) in [5, 5.41) is 17.4. The molecule has 1 radical (unpaired) electrons. The lowest BCUT2D eigenvalue weighted by atomic mass is 10.0. The molecule has 0 aromatic heterocycles. The monoisotopic (exact) mass is 193 g/mol. The Morgan fingerprint density at radius 2 is 1.79 bits per heavy atom. The van der Waals surface area contributed by atoms with Crippen molar-refractivity contribution in [1.29, 1.82) is 0 Å². The number of aliphatic hydroxyl groups is 2. The first-order valence-electron chi connectivity index (χ1n) is 5.08. The molecule has 0 aliphatic carbocycles. The van der Waals surface area contributed by atoms with Crippen LogP contribution < -0.4 is 0 Å². The van der Waals surface area contributed by atoms with Crippen molar-refractivity contribution in [3.8, 4) is 0 Å². The second kappa shape index (κ2) is 6.57. The van der Waals surface area contributed by atoms with Crippen LogP contribution in [0.5, 0.6) is 0 Å². The maximum absolute atomic E-state index is 8.70. The van der Waals surface area contributed by atoms with Gasteiger partial charge in [-0.3, -0.25) is 0 Å². The summed E-state index contributed by atoms with van der Waals surface area (Å²) in [5.41, 5.74) is 2.39. The first-order chi connectivity index (χ1) is 6.86. The van der Waals surface area contributed by atoms with Crippen molar-refractivity contribution in [2.45, 2.75) is 25.7 Å². The molecule has 0 bridgehead atoms. The van der Waals surface area contributed by atoms with E-state index in [1.807, 2.05) is 12.1 Å². The molecule has 2 nitrogen and oxygen atoms in total. The van der Waals surface area contributed by atoms with E-state index in [0.717, 1.165) is 31.2 Å². The van der Waals surface area contributed by atoms with E-state index >= 15 is 0 Å². The average molecular weight is 193 g/mol. The number of hydrogen-bond donors (Lipinski definition) is 2. The Morgan fingerprint density at radius 3 is 2.50 bits per heavy atom. The highest BCUT2D eigenvalue weighted by Gasteiger charge is 1.96. The van der Waals surface area contributed by atoms with E-state index in [4.69, 9.17) is 10.2 Å². The van der Waals surface area contributed by atoms with Crippen LogP contribution in [-0.2, 0) is 12.8 Å². The molecule has 1 rings (SSSR count). The molecule has 2 heteroatoms. The summed E-state index contributed by atoms with van der Waals surface area (Å²) in [5.74, 6) is 0. The highest BCUT2D eigenvalue weighted by molar-refractivity contribution is 5.22. The molecule has 0 aliphatic heterocycles. The van der Waals surface area contributed by atoms with Gasteiger partial charge in [0.05, 0.1) is 0 Å². The minimum Gasteiger partial charge on any atom is -0.396 e. The molecule has 0 saturated heterocycles. The van der Waals surface area contributed by atoms with Crippen LogP contribution in [0.15, 0.2) is 18.2 Å². The summed E-state index contributed by atoms with van der Waals surface area (Å²) in [7, 11) is 0. The first-order valence-corrected chi connectivity index (χ1v) is 5.08. The molecule has 2 N–H and O–H groups in total. The molecule has 0 aliphatic rings. The molecule has 0 heterocycles. The highest BCUT2D eigenvalue weighted by atomic mass is 16.3. The second-order valence-corrected chi connectivity index (χ2v) is 3.38. The summed E-state index contributed by atoms with van der Waals surface area (Å²) in [6.07, 6.45) is 3.39. The topological polar surface area (TPSA) is 40.5 Å². The van der Waals surface area contributed by atoms with Crippen LogP contribution in [0.2, 0.25) is 0 Å². The number of aliphatic hydroxyl groups excluding tert-OH is 2. The molecule has 0 unspecified atom stereocenters. The van der Waals surface area contributed by atoms with Crippen molar-refractivity contribution in [3.63, 3.8) is 0 Å². The van der Waals surface area contributed by atoms with Gasteiger partial charge in [-0.1, -0.05) is 18.2 Å². The van der Waals surface area contributed by atoms with Crippen LogP contribution in [0.25, 0.3) is 0 Å². The lowest BCUT2D eigenvalue weighted by Crippen LogP contribution is -1.93. The van der Waals surface area contributed by atoms with Crippen LogP contribution in [-0.4, -0.2) is 23.4 Å². The predicted octanol–water partition coefficient (Wildman–Crippen LogP) is 1.34. The van der Waals surface area contributed by atoms with Gasteiger partial charge in [0.25, 0.3) is 0 Å². The summed E-state index contributed by atoms with van der Waals surface area (Å²) in [6, 6.07) is 9.19. The maximum Gasteiger partial charge on any atom is 0.0434 e. The summed E-state index contributed by atoms with van der Waals surface area (Å²) in [6.45, 7) is 0.472. The maximum atomic E-state index is 8.70. The zero-order chi connectivity index (χ0) is 10.2. The zero-order valence-electron chi connectivity index (χ0n) is 8.37. The lowest BCUT2D eigenvalue weighted by Gasteiger charge is -2.03. The minimum atomic E-state index is 0.231. The van der Waals surface area contributed by atoms with Gasteiger partial charge in [0.2, 0.25) is 0 Å². The van der Waals surface area contributed by atoms with Crippen LogP contribution in [0.4, 0.5) is 0 Å². The molecular formula is C12H17O2. The van der Waals surface area contributed by atoms with Crippen molar-refractivity contribution < 1.29 is 10.2 Å². The van der Waals surface area contributed by atoms with E-state index in [-0.39, 0.29) is 13.2 Å². The minimum absolute atomic E-state index is 0.231. The van der Waals surface area contributed by atoms with Crippen molar-refractivity contribution in [3.05, 3.63) is 35.4 Å². The van der Waals surface area contributed by atoms with Gasteiger partial charge in [-0.15, -0.1) is 0 Å². The van der Waals surface area contributed by atoms with Crippen molar-refractivity contribution in [1.82, 2.24) is 0 Å². The Kier molecular flexibility index (Phi) is 5.27. The number of rotatable bonds is 6. The molecule has 1 aromatic carbocycles. The molecule has 0 amide bonds. The van der Waals surface area contributed by atoms with Gasteiger partial charge >= 0.3 is 0 Å². The molecular weight excluding hydrogens is 176 g/mol. The average Bonchev–Trinajstić information content (AvgIpc) is 2.24. The lowest BCUT2D eigenvalue weighted by molar-refractivity contribution is 0.288.